The van der Waals surface area contributed by atoms with Crippen LogP contribution in [0.2, 0.25) is 0 Å². The molecule has 1 aliphatic carbocycles. The van der Waals surface area contributed by atoms with Crippen LogP contribution >= 0.6 is 0 Å². The SMILES string of the molecule is CN1CCC(CNC(=O)N2C[C@H]3CCC[C@@H](C3)C2)(c2ccccc2)CC1. The Balaban J connectivity index is 1.42. The Kier molecular flexibility index (Phi) is 5.21. The lowest BCUT2D eigenvalue weighted by atomic mass is 9.72. The van der Waals surface area contributed by atoms with E-state index in [9.17, 15) is 4.79 Å². The van der Waals surface area contributed by atoms with Crippen molar-refractivity contribution in [2.45, 2.75) is 43.9 Å². The highest BCUT2D eigenvalue weighted by Crippen LogP contribution is 2.36. The molecule has 1 aromatic carbocycles. The molecule has 3 aliphatic rings. The van der Waals surface area contributed by atoms with Gasteiger partial charge in [0.25, 0.3) is 0 Å². The maximum atomic E-state index is 12.9. The standard InChI is InChI=1S/C22H33N3O/c1-24-12-10-22(11-13-24,20-8-3-2-4-9-20)17-23-21(26)25-15-18-6-5-7-19(14-18)16-25/h2-4,8-9,18-19H,5-7,10-17H2,1H3,(H,23,26)/t18-,19-/m0/s1. The summed E-state index contributed by atoms with van der Waals surface area (Å²) in [5, 5.41) is 3.33. The summed E-state index contributed by atoms with van der Waals surface area (Å²) in [5.41, 5.74) is 1.46. The first kappa shape index (κ1) is 17.8. The summed E-state index contributed by atoms with van der Waals surface area (Å²) in [6.45, 7) is 4.87. The number of urea groups is 1. The first-order valence-corrected chi connectivity index (χ1v) is 10.4. The molecule has 1 aromatic rings. The number of fused-ring (bicyclic) bond motifs is 2. The summed E-state index contributed by atoms with van der Waals surface area (Å²) in [6.07, 6.45) is 7.53. The van der Waals surface area contributed by atoms with Gasteiger partial charge in [-0.05, 0) is 69.6 Å². The van der Waals surface area contributed by atoms with Gasteiger partial charge in [0.05, 0.1) is 0 Å². The van der Waals surface area contributed by atoms with Crippen LogP contribution in [0.15, 0.2) is 30.3 Å². The Hall–Kier alpha value is -1.55. The number of piperidine rings is 2. The molecule has 1 N–H and O–H groups in total. The first-order chi connectivity index (χ1) is 12.6. The highest BCUT2D eigenvalue weighted by molar-refractivity contribution is 5.74. The second-order valence-corrected chi connectivity index (χ2v) is 8.91. The van der Waals surface area contributed by atoms with E-state index < -0.39 is 0 Å². The van der Waals surface area contributed by atoms with E-state index in [1.165, 1.54) is 31.2 Å². The molecule has 2 aliphatic heterocycles. The maximum absolute atomic E-state index is 12.9. The van der Waals surface area contributed by atoms with Crippen LogP contribution < -0.4 is 5.32 Å². The van der Waals surface area contributed by atoms with Gasteiger partial charge in [-0.25, -0.2) is 4.79 Å². The topological polar surface area (TPSA) is 35.6 Å². The van der Waals surface area contributed by atoms with Gasteiger partial charge >= 0.3 is 6.03 Å². The Bertz CT molecular complexity index is 597. The summed E-state index contributed by atoms with van der Waals surface area (Å²) < 4.78 is 0. The van der Waals surface area contributed by atoms with Crippen molar-refractivity contribution in [2.75, 3.05) is 39.8 Å². The average Bonchev–Trinajstić information content (AvgIpc) is 2.68. The number of likely N-dealkylation sites (tertiary alicyclic amines) is 2. The Morgan fingerprint density at radius 3 is 2.42 bits per heavy atom. The molecule has 2 bridgehead atoms. The largest absolute Gasteiger partial charge is 0.337 e. The summed E-state index contributed by atoms with van der Waals surface area (Å²) >= 11 is 0. The number of hydrogen-bond donors (Lipinski definition) is 1. The fraction of sp³-hybridized carbons (Fsp3) is 0.682. The Morgan fingerprint density at radius 2 is 1.77 bits per heavy atom. The number of benzene rings is 1. The number of nitrogens with one attached hydrogen (secondary N) is 1. The monoisotopic (exact) mass is 355 g/mol. The minimum Gasteiger partial charge on any atom is -0.337 e. The minimum atomic E-state index is 0.0785. The number of amides is 2. The van der Waals surface area contributed by atoms with E-state index in [0.29, 0.717) is 0 Å². The van der Waals surface area contributed by atoms with Gasteiger partial charge in [0, 0.05) is 25.0 Å². The van der Waals surface area contributed by atoms with E-state index in [1.807, 2.05) is 0 Å². The average molecular weight is 356 g/mol. The van der Waals surface area contributed by atoms with Gasteiger partial charge in [-0.15, -0.1) is 0 Å². The van der Waals surface area contributed by atoms with E-state index >= 15 is 0 Å². The highest BCUT2D eigenvalue weighted by Gasteiger charge is 2.37. The van der Waals surface area contributed by atoms with Crippen molar-refractivity contribution in [3.8, 4) is 0 Å². The van der Waals surface area contributed by atoms with Crippen molar-refractivity contribution in [3.05, 3.63) is 35.9 Å². The maximum Gasteiger partial charge on any atom is 0.317 e. The minimum absolute atomic E-state index is 0.0785. The second-order valence-electron chi connectivity index (χ2n) is 8.91. The number of rotatable bonds is 3. The number of carbonyl (C=O) groups is 1. The van der Waals surface area contributed by atoms with Crippen LogP contribution in [0.3, 0.4) is 0 Å². The van der Waals surface area contributed by atoms with Gasteiger partial charge in [-0.2, -0.15) is 0 Å². The van der Waals surface area contributed by atoms with Gasteiger partial charge in [0.1, 0.15) is 0 Å². The summed E-state index contributed by atoms with van der Waals surface area (Å²) in [5.74, 6) is 1.47. The van der Waals surface area contributed by atoms with Crippen molar-refractivity contribution in [3.63, 3.8) is 0 Å². The molecule has 2 heterocycles. The first-order valence-electron chi connectivity index (χ1n) is 10.4. The van der Waals surface area contributed by atoms with Crippen LogP contribution in [-0.2, 0) is 5.41 Å². The van der Waals surface area contributed by atoms with Crippen LogP contribution in [0.4, 0.5) is 4.79 Å². The smallest absolute Gasteiger partial charge is 0.317 e. The van der Waals surface area contributed by atoms with E-state index in [4.69, 9.17) is 0 Å². The van der Waals surface area contributed by atoms with Gasteiger partial charge in [0.2, 0.25) is 0 Å². The van der Waals surface area contributed by atoms with Crippen LogP contribution in [0.1, 0.15) is 44.1 Å². The van der Waals surface area contributed by atoms with Crippen molar-refractivity contribution in [1.29, 1.82) is 0 Å². The molecule has 0 spiro atoms. The molecule has 2 saturated heterocycles. The number of nitrogens with zero attached hydrogens (tertiary/aromatic N) is 2. The van der Waals surface area contributed by atoms with E-state index in [-0.39, 0.29) is 11.4 Å². The van der Waals surface area contributed by atoms with E-state index in [2.05, 4.69) is 52.5 Å². The lowest BCUT2D eigenvalue weighted by Gasteiger charge is -2.43. The van der Waals surface area contributed by atoms with E-state index in [0.717, 1.165) is 57.4 Å². The molecule has 2 amide bonds. The van der Waals surface area contributed by atoms with Gasteiger partial charge in [0.15, 0.2) is 0 Å². The zero-order chi connectivity index (χ0) is 18.0. The lowest BCUT2D eigenvalue weighted by Crippen LogP contribution is -2.53. The molecule has 0 aromatic heterocycles. The molecule has 1 saturated carbocycles. The zero-order valence-corrected chi connectivity index (χ0v) is 16.1. The second kappa shape index (κ2) is 7.59. The highest BCUT2D eigenvalue weighted by atomic mass is 16.2. The fourth-order valence-electron chi connectivity index (χ4n) is 5.36. The van der Waals surface area contributed by atoms with E-state index in [1.54, 1.807) is 0 Å². The predicted octanol–water partition coefficient (Wildman–Crippen LogP) is 3.48. The quantitative estimate of drug-likeness (QED) is 0.901. The van der Waals surface area contributed by atoms with Crippen LogP contribution in [0.5, 0.6) is 0 Å². The summed E-state index contributed by atoms with van der Waals surface area (Å²) in [6, 6.07) is 11.0. The Morgan fingerprint density at radius 1 is 1.12 bits per heavy atom. The molecule has 3 fully saturated rings. The normalized spacial score (nSPS) is 28.6. The van der Waals surface area contributed by atoms with Gasteiger partial charge in [-0.1, -0.05) is 36.8 Å². The predicted molar refractivity (Wildman–Crippen MR) is 105 cm³/mol. The summed E-state index contributed by atoms with van der Waals surface area (Å²) in [7, 11) is 2.19. The number of carbonyl (C=O) groups excluding carboxylic acids is 1. The van der Waals surface area contributed by atoms with Crippen LogP contribution in [0, 0.1) is 11.8 Å². The lowest BCUT2D eigenvalue weighted by molar-refractivity contribution is 0.100. The molecule has 0 unspecified atom stereocenters. The van der Waals surface area contributed by atoms with Crippen LogP contribution in [0.25, 0.3) is 0 Å². The molecule has 4 rings (SSSR count). The molecule has 4 heteroatoms. The van der Waals surface area contributed by atoms with Crippen LogP contribution in [-0.4, -0.2) is 55.6 Å². The molecule has 26 heavy (non-hydrogen) atoms. The van der Waals surface area contributed by atoms with Crippen molar-refractivity contribution in [2.24, 2.45) is 11.8 Å². The van der Waals surface area contributed by atoms with Crippen molar-refractivity contribution >= 4 is 6.03 Å². The van der Waals surface area contributed by atoms with Crippen molar-refractivity contribution < 1.29 is 4.79 Å². The Labute approximate surface area is 157 Å². The molecule has 4 nitrogen and oxygen atoms in total. The summed E-state index contributed by atoms with van der Waals surface area (Å²) in [4.78, 5) is 17.4. The third-order valence-electron chi connectivity index (χ3n) is 7.04. The third kappa shape index (κ3) is 3.75. The zero-order valence-electron chi connectivity index (χ0n) is 16.1. The molecule has 142 valence electrons. The number of hydrogen-bond acceptors (Lipinski definition) is 2. The molecule has 0 radical (unpaired) electrons. The van der Waals surface area contributed by atoms with Crippen molar-refractivity contribution in [1.82, 2.24) is 15.1 Å². The molecular formula is C22H33N3O. The molecule has 2 atom stereocenters. The fourth-order valence-corrected chi connectivity index (χ4v) is 5.36. The van der Waals surface area contributed by atoms with Gasteiger partial charge < -0.3 is 15.1 Å². The molecular weight excluding hydrogens is 322 g/mol. The van der Waals surface area contributed by atoms with Gasteiger partial charge in [-0.3, -0.25) is 0 Å². The third-order valence-corrected chi connectivity index (χ3v) is 7.04.